The molecule has 7 heteroatoms. The van der Waals surface area contributed by atoms with Crippen molar-refractivity contribution in [1.29, 1.82) is 0 Å². The molecule has 4 aromatic rings. The summed E-state index contributed by atoms with van der Waals surface area (Å²) < 4.78 is 14.4. The number of benzene rings is 2. The molecule has 36 heavy (non-hydrogen) atoms. The molecule has 1 saturated heterocycles. The normalized spacial score (nSPS) is 15.2. The van der Waals surface area contributed by atoms with E-state index in [1.54, 1.807) is 6.33 Å². The third-order valence-corrected chi connectivity index (χ3v) is 6.44. The van der Waals surface area contributed by atoms with Crippen molar-refractivity contribution in [3.05, 3.63) is 85.3 Å². The van der Waals surface area contributed by atoms with Crippen molar-refractivity contribution >= 4 is 11.0 Å². The molecule has 186 valence electrons. The monoisotopic (exact) mass is 483 g/mol. The number of likely N-dealkylation sites (N-methyl/N-ethyl adjacent to an activating group) is 1. The van der Waals surface area contributed by atoms with Gasteiger partial charge in [-0.15, -0.1) is 0 Å². The smallest absolute Gasteiger partial charge is 0.247 e. The van der Waals surface area contributed by atoms with Crippen molar-refractivity contribution < 1.29 is 9.47 Å². The lowest BCUT2D eigenvalue weighted by Crippen LogP contribution is -2.34. The molecule has 1 aliphatic rings. The molecule has 5 rings (SSSR count). The molecule has 0 bridgehead atoms. The summed E-state index contributed by atoms with van der Waals surface area (Å²) in [5.41, 5.74) is 1.85. The van der Waals surface area contributed by atoms with Crippen LogP contribution in [0.5, 0.6) is 23.1 Å². The second-order valence-electron chi connectivity index (χ2n) is 9.39. The van der Waals surface area contributed by atoms with Gasteiger partial charge in [0, 0.05) is 38.4 Å². The zero-order valence-corrected chi connectivity index (χ0v) is 21.0. The summed E-state index contributed by atoms with van der Waals surface area (Å²) in [4.78, 5) is 13.7. The second-order valence-corrected chi connectivity index (χ2v) is 9.39. The molecule has 0 spiro atoms. The molecule has 0 amide bonds. The average molecular weight is 484 g/mol. The van der Waals surface area contributed by atoms with Crippen molar-refractivity contribution in [2.24, 2.45) is 0 Å². The number of para-hydroxylation sites is 1. The van der Waals surface area contributed by atoms with Crippen LogP contribution in [-0.2, 0) is 0 Å². The van der Waals surface area contributed by atoms with Gasteiger partial charge in [-0.25, -0.2) is 4.98 Å². The minimum atomic E-state index is 0.402. The highest BCUT2D eigenvalue weighted by Gasteiger charge is 2.23. The van der Waals surface area contributed by atoms with Gasteiger partial charge in [-0.2, -0.15) is 4.98 Å². The first-order valence-electron chi connectivity index (χ1n) is 12.5. The summed E-state index contributed by atoms with van der Waals surface area (Å²) in [5, 5.41) is 0. The van der Waals surface area contributed by atoms with Gasteiger partial charge in [0.1, 0.15) is 29.1 Å². The van der Waals surface area contributed by atoms with Crippen LogP contribution in [0.15, 0.2) is 85.3 Å². The maximum Gasteiger partial charge on any atom is 0.247 e. The predicted molar refractivity (Wildman–Crippen MR) is 143 cm³/mol. The van der Waals surface area contributed by atoms with Crippen LogP contribution in [0.25, 0.3) is 11.0 Å². The predicted octanol–water partition coefficient (Wildman–Crippen LogP) is 5.77. The third-order valence-electron chi connectivity index (χ3n) is 6.44. The number of hydrogen-bond acceptors (Lipinski definition) is 6. The standard InChI is InChI=1S/C29H33N5O2/c1-32(2)17-6-7-18-33-19-14-23(15-20-33)34-21-16-27-28(34)29(31-22-30-27)36-26-12-10-25(11-13-26)35-24-8-4-3-5-9-24/h3-13,16,21-23H,14-15,17-20H2,1-2H3/b7-6+. The zero-order chi connectivity index (χ0) is 24.7. The van der Waals surface area contributed by atoms with Crippen LogP contribution in [0.4, 0.5) is 0 Å². The van der Waals surface area contributed by atoms with E-state index in [1.807, 2.05) is 54.6 Å². The van der Waals surface area contributed by atoms with E-state index in [0.29, 0.717) is 17.7 Å². The summed E-state index contributed by atoms with van der Waals surface area (Å²) in [6.45, 7) is 4.14. The van der Waals surface area contributed by atoms with Crippen LogP contribution >= 0.6 is 0 Å². The number of fused-ring (bicyclic) bond motifs is 1. The molecule has 0 aliphatic carbocycles. The first kappa shape index (κ1) is 24.0. The van der Waals surface area contributed by atoms with E-state index in [1.165, 1.54) is 0 Å². The van der Waals surface area contributed by atoms with Gasteiger partial charge in [-0.1, -0.05) is 30.4 Å². The number of ether oxygens (including phenoxy) is 2. The minimum Gasteiger partial charge on any atom is -0.457 e. The lowest BCUT2D eigenvalue weighted by atomic mass is 10.0. The van der Waals surface area contributed by atoms with Crippen LogP contribution in [0.2, 0.25) is 0 Å². The van der Waals surface area contributed by atoms with E-state index < -0.39 is 0 Å². The second kappa shape index (κ2) is 11.4. The Morgan fingerprint density at radius 3 is 2.28 bits per heavy atom. The van der Waals surface area contributed by atoms with Crippen LogP contribution in [0.3, 0.4) is 0 Å². The van der Waals surface area contributed by atoms with Gasteiger partial charge in [0.25, 0.3) is 0 Å². The van der Waals surface area contributed by atoms with Gasteiger partial charge in [0.15, 0.2) is 0 Å². The molecule has 2 aromatic carbocycles. The topological polar surface area (TPSA) is 55.7 Å². The Hall–Kier alpha value is -3.68. The Kier molecular flexibility index (Phi) is 7.59. The fraction of sp³-hybridized carbons (Fsp3) is 0.310. The number of hydrogen-bond donors (Lipinski definition) is 0. The summed E-state index contributed by atoms with van der Waals surface area (Å²) in [5.74, 6) is 2.85. The Labute approximate surface area is 212 Å². The fourth-order valence-corrected chi connectivity index (χ4v) is 4.55. The summed E-state index contributed by atoms with van der Waals surface area (Å²) in [6.07, 6.45) is 10.4. The maximum atomic E-state index is 6.24. The molecule has 0 atom stereocenters. The van der Waals surface area contributed by atoms with Crippen molar-refractivity contribution in [3.63, 3.8) is 0 Å². The lowest BCUT2D eigenvalue weighted by Gasteiger charge is -2.32. The summed E-state index contributed by atoms with van der Waals surface area (Å²) in [6, 6.07) is 19.8. The maximum absolute atomic E-state index is 6.24. The average Bonchev–Trinajstić information content (AvgIpc) is 3.34. The molecule has 0 radical (unpaired) electrons. The first-order valence-corrected chi connectivity index (χ1v) is 12.5. The number of piperidine rings is 1. The molecule has 1 fully saturated rings. The Morgan fingerprint density at radius 2 is 1.56 bits per heavy atom. The highest BCUT2D eigenvalue weighted by molar-refractivity contribution is 5.81. The molecule has 0 unspecified atom stereocenters. The van der Waals surface area contributed by atoms with Gasteiger partial charge in [-0.3, -0.25) is 4.90 Å². The van der Waals surface area contributed by atoms with Gasteiger partial charge >= 0.3 is 0 Å². The largest absolute Gasteiger partial charge is 0.457 e. The quantitative estimate of drug-likeness (QED) is 0.282. The van der Waals surface area contributed by atoms with Crippen molar-refractivity contribution in [2.75, 3.05) is 40.3 Å². The molecule has 7 nitrogen and oxygen atoms in total. The zero-order valence-electron chi connectivity index (χ0n) is 21.0. The van der Waals surface area contributed by atoms with Crippen molar-refractivity contribution in [1.82, 2.24) is 24.3 Å². The van der Waals surface area contributed by atoms with Crippen LogP contribution in [-0.4, -0.2) is 64.6 Å². The van der Waals surface area contributed by atoms with E-state index in [9.17, 15) is 0 Å². The van der Waals surface area contributed by atoms with Gasteiger partial charge in [0.2, 0.25) is 5.88 Å². The summed E-state index contributed by atoms with van der Waals surface area (Å²) >= 11 is 0. The fourth-order valence-electron chi connectivity index (χ4n) is 4.55. The van der Waals surface area contributed by atoms with E-state index in [-0.39, 0.29) is 0 Å². The highest BCUT2D eigenvalue weighted by atomic mass is 16.5. The SMILES string of the molecule is CN(C)C/C=C/CN1CCC(n2ccc3ncnc(Oc4ccc(Oc5ccccc5)cc4)c32)CC1. The van der Waals surface area contributed by atoms with Crippen LogP contribution < -0.4 is 9.47 Å². The lowest BCUT2D eigenvalue weighted by molar-refractivity contribution is 0.205. The van der Waals surface area contributed by atoms with Crippen molar-refractivity contribution in [2.45, 2.75) is 18.9 Å². The van der Waals surface area contributed by atoms with E-state index in [2.05, 4.69) is 62.8 Å². The number of nitrogens with zero attached hydrogens (tertiary/aromatic N) is 5. The highest BCUT2D eigenvalue weighted by Crippen LogP contribution is 2.33. The molecular weight excluding hydrogens is 450 g/mol. The van der Waals surface area contributed by atoms with Crippen LogP contribution in [0.1, 0.15) is 18.9 Å². The Balaban J connectivity index is 1.26. The van der Waals surface area contributed by atoms with Gasteiger partial charge in [0.05, 0.1) is 5.52 Å². The molecular formula is C29H33N5O2. The molecule has 0 N–H and O–H groups in total. The summed E-state index contributed by atoms with van der Waals surface area (Å²) in [7, 11) is 4.18. The first-order chi connectivity index (χ1) is 17.7. The van der Waals surface area contributed by atoms with E-state index >= 15 is 0 Å². The molecule has 3 heterocycles. The number of aromatic nitrogens is 3. The third kappa shape index (κ3) is 5.93. The minimum absolute atomic E-state index is 0.402. The molecule has 2 aromatic heterocycles. The van der Waals surface area contributed by atoms with E-state index in [0.717, 1.165) is 61.6 Å². The van der Waals surface area contributed by atoms with Crippen molar-refractivity contribution in [3.8, 4) is 23.1 Å². The van der Waals surface area contributed by atoms with Gasteiger partial charge < -0.3 is 18.9 Å². The Bertz CT molecular complexity index is 1280. The molecule has 1 aliphatic heterocycles. The Morgan fingerprint density at radius 1 is 0.861 bits per heavy atom. The number of likely N-dealkylation sites (tertiary alicyclic amines) is 1. The van der Waals surface area contributed by atoms with Gasteiger partial charge in [-0.05, 0) is 69.4 Å². The molecule has 0 saturated carbocycles. The number of rotatable bonds is 9. The van der Waals surface area contributed by atoms with E-state index in [4.69, 9.17) is 9.47 Å². The van der Waals surface area contributed by atoms with Crippen LogP contribution in [0, 0.1) is 0 Å².